The highest BCUT2D eigenvalue weighted by atomic mass is 35.5. The molecule has 0 amide bonds. The molecule has 0 unspecified atom stereocenters. The van der Waals surface area contributed by atoms with Gasteiger partial charge in [-0.05, 0) is 23.6 Å². The van der Waals surface area contributed by atoms with Crippen LogP contribution in [-0.2, 0) is 10.0 Å². The zero-order chi connectivity index (χ0) is 20.3. The van der Waals surface area contributed by atoms with Crippen molar-refractivity contribution in [2.45, 2.75) is 24.7 Å². The van der Waals surface area contributed by atoms with Crippen molar-refractivity contribution in [3.8, 4) is 17.1 Å². The summed E-state index contributed by atoms with van der Waals surface area (Å²) in [6.07, 6.45) is 0. The molecule has 0 bridgehead atoms. The van der Waals surface area contributed by atoms with Gasteiger partial charge in [0, 0.05) is 5.56 Å². The van der Waals surface area contributed by atoms with Crippen LogP contribution in [0.15, 0.2) is 59.5 Å². The quantitative estimate of drug-likeness (QED) is 0.586. The highest BCUT2D eigenvalue weighted by Gasteiger charge is 2.21. The Hall–Kier alpha value is -2.64. The van der Waals surface area contributed by atoms with E-state index in [1.165, 1.54) is 7.11 Å². The van der Waals surface area contributed by atoms with Crippen molar-refractivity contribution in [2.24, 2.45) is 0 Å². The maximum Gasteiger partial charge on any atom is 0.263 e. The Kier molecular flexibility index (Phi) is 5.86. The number of rotatable bonds is 6. The van der Waals surface area contributed by atoms with Crippen molar-refractivity contribution >= 4 is 27.4 Å². The molecule has 1 heterocycles. The predicted octanol–water partition coefficient (Wildman–Crippen LogP) is 4.73. The third kappa shape index (κ3) is 4.26. The lowest BCUT2D eigenvalue weighted by Crippen LogP contribution is -2.15. The van der Waals surface area contributed by atoms with Gasteiger partial charge in [-0.15, -0.1) is 0 Å². The molecule has 8 heteroatoms. The summed E-state index contributed by atoms with van der Waals surface area (Å²) >= 11 is 6.20. The lowest BCUT2D eigenvalue weighted by molar-refractivity contribution is 0.413. The molecule has 3 aromatic rings. The zero-order valence-electron chi connectivity index (χ0n) is 15.7. The first-order chi connectivity index (χ1) is 13.3. The van der Waals surface area contributed by atoms with Crippen molar-refractivity contribution in [1.82, 2.24) is 9.97 Å². The van der Waals surface area contributed by atoms with Gasteiger partial charge < -0.3 is 4.74 Å². The van der Waals surface area contributed by atoms with Crippen molar-refractivity contribution in [3.05, 3.63) is 65.3 Å². The summed E-state index contributed by atoms with van der Waals surface area (Å²) in [7, 11) is -2.51. The van der Waals surface area contributed by atoms with E-state index in [1.54, 1.807) is 36.4 Å². The van der Waals surface area contributed by atoms with E-state index in [4.69, 9.17) is 16.3 Å². The summed E-state index contributed by atoms with van der Waals surface area (Å²) in [4.78, 5) is 8.64. The largest absolute Gasteiger partial charge is 0.490 e. The van der Waals surface area contributed by atoms with Crippen LogP contribution in [-0.4, -0.2) is 25.5 Å². The molecular weight excluding hydrogens is 398 g/mol. The molecule has 28 heavy (non-hydrogen) atoms. The van der Waals surface area contributed by atoms with E-state index in [9.17, 15) is 8.42 Å². The second-order valence-electron chi connectivity index (χ2n) is 6.42. The third-order valence-corrected chi connectivity index (χ3v) is 5.76. The molecule has 0 fully saturated rings. The maximum absolute atomic E-state index is 12.8. The van der Waals surface area contributed by atoms with Crippen molar-refractivity contribution in [1.29, 1.82) is 0 Å². The SMILES string of the molecule is COc1c(Cl)nc(-c2ccccc2)nc1NS(=O)(=O)c1ccc(C(C)C)cc1. The van der Waals surface area contributed by atoms with E-state index >= 15 is 0 Å². The molecule has 0 saturated heterocycles. The van der Waals surface area contributed by atoms with Gasteiger partial charge in [-0.1, -0.05) is 67.9 Å². The van der Waals surface area contributed by atoms with Crippen LogP contribution >= 0.6 is 11.6 Å². The topological polar surface area (TPSA) is 81.2 Å². The first-order valence-corrected chi connectivity index (χ1v) is 10.5. The number of methoxy groups -OCH3 is 1. The molecule has 6 nitrogen and oxygen atoms in total. The average molecular weight is 418 g/mol. The highest BCUT2D eigenvalue weighted by molar-refractivity contribution is 7.92. The van der Waals surface area contributed by atoms with E-state index < -0.39 is 10.0 Å². The first-order valence-electron chi connectivity index (χ1n) is 8.61. The minimum absolute atomic E-state index is 0.0178. The summed E-state index contributed by atoms with van der Waals surface area (Å²) < 4.78 is 33.4. The Balaban J connectivity index is 2.01. The number of anilines is 1. The van der Waals surface area contributed by atoms with E-state index in [0.29, 0.717) is 17.3 Å². The second kappa shape index (κ2) is 8.16. The molecular formula is C20H20ClN3O3S. The van der Waals surface area contributed by atoms with Gasteiger partial charge in [0.15, 0.2) is 22.5 Å². The van der Waals surface area contributed by atoms with Gasteiger partial charge in [0.2, 0.25) is 0 Å². The molecule has 0 aliphatic rings. The number of sulfonamides is 1. The van der Waals surface area contributed by atoms with E-state index in [1.807, 2.05) is 32.0 Å². The van der Waals surface area contributed by atoms with Crippen molar-refractivity contribution in [3.63, 3.8) is 0 Å². The highest BCUT2D eigenvalue weighted by Crippen LogP contribution is 2.33. The predicted molar refractivity (Wildman–Crippen MR) is 110 cm³/mol. The Morgan fingerprint density at radius 3 is 2.21 bits per heavy atom. The summed E-state index contributed by atoms with van der Waals surface area (Å²) in [5.41, 5.74) is 1.75. The van der Waals surface area contributed by atoms with E-state index in [-0.39, 0.29) is 21.6 Å². The van der Waals surface area contributed by atoms with Crippen LogP contribution in [0.4, 0.5) is 5.82 Å². The van der Waals surface area contributed by atoms with Crippen LogP contribution in [0, 0.1) is 0 Å². The lowest BCUT2D eigenvalue weighted by Gasteiger charge is -2.14. The minimum Gasteiger partial charge on any atom is -0.490 e. The fraction of sp³-hybridized carbons (Fsp3) is 0.200. The van der Waals surface area contributed by atoms with E-state index in [2.05, 4.69) is 14.7 Å². The Morgan fingerprint density at radius 2 is 1.64 bits per heavy atom. The normalized spacial score (nSPS) is 11.5. The van der Waals surface area contributed by atoms with Gasteiger partial charge in [0.05, 0.1) is 12.0 Å². The Labute approximate surface area is 169 Å². The van der Waals surface area contributed by atoms with E-state index in [0.717, 1.165) is 5.56 Å². The molecule has 0 atom stereocenters. The number of aromatic nitrogens is 2. The Bertz CT molecular complexity index is 1070. The van der Waals surface area contributed by atoms with Crippen LogP contribution in [0.3, 0.4) is 0 Å². The summed E-state index contributed by atoms with van der Waals surface area (Å²) in [5.74, 6) is 0.635. The average Bonchev–Trinajstić information content (AvgIpc) is 2.68. The number of hydrogen-bond acceptors (Lipinski definition) is 5. The van der Waals surface area contributed by atoms with Crippen LogP contribution in [0.5, 0.6) is 5.75 Å². The lowest BCUT2D eigenvalue weighted by atomic mass is 10.0. The summed E-state index contributed by atoms with van der Waals surface area (Å²) in [5, 5.41) is 0.0178. The fourth-order valence-corrected chi connectivity index (χ4v) is 3.86. The smallest absolute Gasteiger partial charge is 0.263 e. The summed E-state index contributed by atoms with van der Waals surface area (Å²) in [6.45, 7) is 4.08. The molecule has 146 valence electrons. The monoisotopic (exact) mass is 417 g/mol. The zero-order valence-corrected chi connectivity index (χ0v) is 17.3. The molecule has 0 saturated carbocycles. The molecule has 0 aliphatic carbocycles. The van der Waals surface area contributed by atoms with Gasteiger partial charge in [-0.2, -0.15) is 0 Å². The minimum atomic E-state index is -3.88. The standard InChI is InChI=1S/C20H20ClN3O3S/c1-13(2)14-9-11-16(12-10-14)28(25,26)24-20-17(27-3)18(21)22-19(23-20)15-7-5-4-6-8-15/h4-13H,1-3H3,(H,22,23,24). The van der Waals surface area contributed by atoms with Crippen LogP contribution < -0.4 is 9.46 Å². The molecule has 0 radical (unpaired) electrons. The van der Waals surface area contributed by atoms with Crippen molar-refractivity contribution in [2.75, 3.05) is 11.8 Å². The number of benzene rings is 2. The Morgan fingerprint density at radius 1 is 1.00 bits per heavy atom. The number of halogens is 1. The molecule has 3 rings (SSSR count). The van der Waals surface area contributed by atoms with Crippen LogP contribution in [0.25, 0.3) is 11.4 Å². The van der Waals surface area contributed by atoms with Crippen LogP contribution in [0.2, 0.25) is 5.15 Å². The molecule has 0 aliphatic heterocycles. The van der Waals surface area contributed by atoms with Gasteiger partial charge in [0.1, 0.15) is 0 Å². The molecule has 1 aromatic heterocycles. The number of nitrogens with one attached hydrogen (secondary N) is 1. The molecule has 2 aromatic carbocycles. The van der Waals surface area contributed by atoms with Crippen LogP contribution in [0.1, 0.15) is 25.3 Å². The maximum atomic E-state index is 12.8. The number of nitrogens with zero attached hydrogens (tertiary/aromatic N) is 2. The molecule has 0 spiro atoms. The molecule has 1 N–H and O–H groups in total. The summed E-state index contributed by atoms with van der Waals surface area (Å²) in [6, 6.07) is 15.8. The fourth-order valence-electron chi connectivity index (χ4n) is 2.61. The number of hydrogen-bond donors (Lipinski definition) is 1. The van der Waals surface area contributed by atoms with Crippen molar-refractivity contribution < 1.29 is 13.2 Å². The third-order valence-electron chi connectivity index (χ3n) is 4.15. The first kappa shape index (κ1) is 20.1. The number of ether oxygens (including phenoxy) is 1. The van der Waals surface area contributed by atoms with Gasteiger partial charge in [-0.25, -0.2) is 18.4 Å². The van der Waals surface area contributed by atoms with Gasteiger partial charge >= 0.3 is 0 Å². The second-order valence-corrected chi connectivity index (χ2v) is 8.46. The van der Waals surface area contributed by atoms with Gasteiger partial charge in [0.25, 0.3) is 10.0 Å². The van der Waals surface area contributed by atoms with Gasteiger partial charge in [-0.3, -0.25) is 4.72 Å².